The summed E-state index contributed by atoms with van der Waals surface area (Å²) in [5, 5.41) is 1.03. The van der Waals surface area contributed by atoms with Crippen LogP contribution in [-0.4, -0.2) is 51.3 Å². The first kappa shape index (κ1) is 19.4. The molecule has 0 saturated carbocycles. The Labute approximate surface area is 150 Å². The zero-order chi connectivity index (χ0) is 18.4. The highest BCUT2D eigenvalue weighted by Gasteiger charge is 2.34. The van der Waals surface area contributed by atoms with Crippen molar-refractivity contribution in [2.24, 2.45) is 0 Å². The lowest BCUT2D eigenvalue weighted by Crippen LogP contribution is -2.41. The van der Waals surface area contributed by atoms with Crippen LogP contribution in [0.15, 0.2) is 41.6 Å². The Morgan fingerprint density at radius 3 is 2.56 bits per heavy atom. The van der Waals surface area contributed by atoms with E-state index in [1.165, 1.54) is 5.56 Å². The molecule has 0 N–H and O–H groups in total. The van der Waals surface area contributed by atoms with E-state index in [0.717, 1.165) is 22.6 Å². The largest absolute Gasteiger partial charge is 0.447 e. The maximum Gasteiger partial charge on any atom is 0.416 e. The Hall–Kier alpha value is -1.92. The van der Waals surface area contributed by atoms with Gasteiger partial charge >= 0.3 is 6.09 Å². The molecule has 0 bridgehead atoms. The van der Waals surface area contributed by atoms with Gasteiger partial charge in [0, 0.05) is 13.2 Å². The summed E-state index contributed by atoms with van der Waals surface area (Å²) in [5.41, 5.74) is 1.25. The van der Waals surface area contributed by atoms with Crippen molar-refractivity contribution in [3.05, 3.63) is 47.2 Å². The van der Waals surface area contributed by atoms with Crippen LogP contribution in [0, 0.1) is 0 Å². The van der Waals surface area contributed by atoms with Crippen molar-refractivity contribution in [3.8, 4) is 0 Å². The van der Waals surface area contributed by atoms with E-state index >= 15 is 0 Å². The molecule has 0 aromatic heterocycles. The first-order chi connectivity index (χ1) is 11.9. The zero-order valence-corrected chi connectivity index (χ0v) is 16.5. The van der Waals surface area contributed by atoms with E-state index in [2.05, 4.69) is 25.2 Å². The third-order valence-corrected chi connectivity index (χ3v) is 7.90. The molecule has 25 heavy (non-hydrogen) atoms. The van der Waals surface area contributed by atoms with E-state index in [4.69, 9.17) is 9.47 Å². The van der Waals surface area contributed by atoms with Crippen LogP contribution in [0.1, 0.15) is 18.9 Å². The first-order valence-corrected chi connectivity index (χ1v) is 11.9. The third-order valence-electron chi connectivity index (χ3n) is 4.58. The van der Waals surface area contributed by atoms with Crippen molar-refractivity contribution >= 4 is 20.1 Å². The summed E-state index contributed by atoms with van der Waals surface area (Å²) in [7, 11) is -0.308. The van der Waals surface area contributed by atoms with Crippen LogP contribution in [0.5, 0.6) is 0 Å². The minimum absolute atomic E-state index is 0.118. The van der Waals surface area contributed by atoms with Crippen LogP contribution in [0.3, 0.4) is 0 Å². The van der Waals surface area contributed by atoms with Gasteiger partial charge in [-0.05, 0) is 17.7 Å². The number of imide groups is 1. The highest BCUT2D eigenvalue weighted by atomic mass is 28.3. The second kappa shape index (κ2) is 8.45. The third kappa shape index (κ3) is 4.80. The van der Waals surface area contributed by atoms with E-state index < -0.39 is 14.2 Å². The van der Waals surface area contributed by atoms with Crippen LogP contribution < -0.4 is 0 Å². The molecule has 1 fully saturated rings. The molecule has 0 radical (unpaired) electrons. The fraction of sp³-hybridized carbons (Fsp3) is 0.474. The Kier molecular flexibility index (Phi) is 6.55. The van der Waals surface area contributed by atoms with Crippen LogP contribution >= 0.6 is 0 Å². The number of rotatable bonds is 7. The van der Waals surface area contributed by atoms with Gasteiger partial charge in [-0.1, -0.05) is 55.9 Å². The Morgan fingerprint density at radius 2 is 2.04 bits per heavy atom. The summed E-state index contributed by atoms with van der Waals surface area (Å²) >= 11 is 0. The SMILES string of the molecule is CCC(OC)/C(=C/C(=O)N1CCOC1=O)[Si](C)(C)Cc1ccccc1. The molecule has 136 valence electrons. The molecule has 6 heteroatoms. The number of carbonyl (C=O) groups is 2. The molecule has 0 spiro atoms. The summed E-state index contributed by atoms with van der Waals surface area (Å²) in [6.07, 6.45) is 1.73. The molecule has 5 nitrogen and oxygen atoms in total. The van der Waals surface area contributed by atoms with Crippen LogP contribution in [0.4, 0.5) is 4.79 Å². The smallest absolute Gasteiger partial charge is 0.416 e. The van der Waals surface area contributed by atoms with Crippen molar-refractivity contribution in [2.45, 2.75) is 38.6 Å². The Bertz CT molecular complexity index is 638. The predicted molar refractivity (Wildman–Crippen MR) is 99.9 cm³/mol. The lowest BCUT2D eigenvalue weighted by molar-refractivity contribution is -0.122. The fourth-order valence-electron chi connectivity index (χ4n) is 3.25. The molecule has 1 aromatic rings. The summed E-state index contributed by atoms with van der Waals surface area (Å²) in [6, 6.07) is 11.2. The fourth-order valence-corrected chi connectivity index (χ4v) is 6.42. The number of hydrogen-bond donors (Lipinski definition) is 0. The number of ether oxygens (including phenoxy) is 2. The number of nitrogens with zero attached hydrogens (tertiary/aromatic N) is 1. The van der Waals surface area contributed by atoms with Crippen molar-refractivity contribution in [1.29, 1.82) is 0 Å². The van der Waals surface area contributed by atoms with Gasteiger partial charge in [-0.2, -0.15) is 0 Å². The normalized spacial score (nSPS) is 16.7. The first-order valence-electron chi connectivity index (χ1n) is 8.66. The molecule has 1 saturated heterocycles. The van der Waals surface area contributed by atoms with Crippen molar-refractivity contribution < 1.29 is 19.1 Å². The number of cyclic esters (lactones) is 1. The molecule has 2 rings (SSSR count). The highest BCUT2D eigenvalue weighted by Crippen LogP contribution is 2.26. The number of hydrogen-bond acceptors (Lipinski definition) is 4. The average Bonchev–Trinajstić information content (AvgIpc) is 3.01. The molecule has 1 atom stereocenters. The van der Waals surface area contributed by atoms with Gasteiger partial charge in [-0.3, -0.25) is 4.79 Å². The van der Waals surface area contributed by atoms with Crippen LogP contribution in [0.25, 0.3) is 0 Å². The van der Waals surface area contributed by atoms with Gasteiger partial charge in [0.25, 0.3) is 5.91 Å². The Balaban J connectivity index is 2.32. The molecular weight excluding hydrogens is 334 g/mol. The zero-order valence-electron chi connectivity index (χ0n) is 15.5. The second-order valence-corrected chi connectivity index (χ2v) is 11.6. The van der Waals surface area contributed by atoms with Gasteiger partial charge < -0.3 is 9.47 Å². The number of methoxy groups -OCH3 is 1. The van der Waals surface area contributed by atoms with Crippen LogP contribution in [-0.2, 0) is 20.3 Å². The minimum atomic E-state index is -1.98. The molecule has 1 aliphatic rings. The molecule has 1 heterocycles. The second-order valence-electron chi connectivity index (χ2n) is 6.88. The maximum absolute atomic E-state index is 12.6. The molecular formula is C19H27NO4Si. The lowest BCUT2D eigenvalue weighted by atomic mass is 10.2. The van der Waals surface area contributed by atoms with E-state index in [0.29, 0.717) is 6.54 Å². The number of carbonyl (C=O) groups excluding carboxylic acids is 2. The molecule has 0 aliphatic carbocycles. The molecule has 1 aliphatic heterocycles. The van der Waals surface area contributed by atoms with E-state index in [1.807, 2.05) is 25.1 Å². The van der Waals surface area contributed by atoms with E-state index in [9.17, 15) is 9.59 Å². The monoisotopic (exact) mass is 361 g/mol. The quantitative estimate of drug-likeness (QED) is 0.552. The van der Waals surface area contributed by atoms with Gasteiger partial charge in [0.2, 0.25) is 0 Å². The summed E-state index contributed by atoms with van der Waals surface area (Å²) < 4.78 is 10.5. The van der Waals surface area contributed by atoms with Crippen molar-refractivity contribution in [1.82, 2.24) is 4.90 Å². The van der Waals surface area contributed by atoms with E-state index in [1.54, 1.807) is 13.2 Å². The summed E-state index contributed by atoms with van der Waals surface area (Å²) in [6.45, 7) is 7.10. The van der Waals surface area contributed by atoms with Gasteiger partial charge in [0.15, 0.2) is 0 Å². The minimum Gasteiger partial charge on any atom is -0.447 e. The van der Waals surface area contributed by atoms with E-state index in [-0.39, 0.29) is 18.6 Å². The highest BCUT2D eigenvalue weighted by molar-refractivity contribution is 6.84. The number of benzene rings is 1. The summed E-state index contributed by atoms with van der Waals surface area (Å²) in [4.78, 5) is 25.5. The topological polar surface area (TPSA) is 55.8 Å². The average molecular weight is 362 g/mol. The predicted octanol–water partition coefficient (Wildman–Crippen LogP) is 3.35. The molecule has 1 unspecified atom stereocenters. The van der Waals surface area contributed by atoms with Gasteiger partial charge in [0.1, 0.15) is 6.61 Å². The standard InChI is InChI=1S/C19H27NO4Si/c1-5-16(23-2)17(13-18(21)20-11-12-24-19(20)22)25(3,4)14-15-9-7-6-8-10-15/h6-10,13,16H,5,11-12,14H2,1-4H3/b17-13-. The van der Waals surface area contributed by atoms with Crippen LogP contribution in [0.2, 0.25) is 13.1 Å². The van der Waals surface area contributed by atoms with Gasteiger partial charge in [-0.15, -0.1) is 0 Å². The van der Waals surface area contributed by atoms with Crippen molar-refractivity contribution in [2.75, 3.05) is 20.3 Å². The van der Waals surface area contributed by atoms with Crippen molar-refractivity contribution in [3.63, 3.8) is 0 Å². The summed E-state index contributed by atoms with van der Waals surface area (Å²) in [5.74, 6) is -0.304. The molecule has 2 amide bonds. The maximum atomic E-state index is 12.6. The molecule has 1 aromatic carbocycles. The Morgan fingerprint density at radius 1 is 1.36 bits per heavy atom. The lowest BCUT2D eigenvalue weighted by Gasteiger charge is -2.31. The number of amides is 2. The van der Waals surface area contributed by atoms with Gasteiger partial charge in [0.05, 0.1) is 20.7 Å². The van der Waals surface area contributed by atoms with Gasteiger partial charge in [-0.25, -0.2) is 9.69 Å².